The van der Waals surface area contributed by atoms with Crippen LogP contribution >= 0.6 is 11.8 Å². The highest BCUT2D eigenvalue weighted by atomic mass is 32.2. The first-order chi connectivity index (χ1) is 10.0. The lowest BCUT2D eigenvalue weighted by Crippen LogP contribution is -2.44. The molecule has 1 aliphatic carbocycles. The average Bonchev–Trinajstić information content (AvgIpc) is 2.47. The molecule has 1 aromatic rings. The molecule has 0 aromatic heterocycles. The molecule has 114 valence electrons. The first-order valence-corrected chi connectivity index (χ1v) is 10.00. The molecule has 1 fully saturated rings. The highest BCUT2D eigenvalue weighted by molar-refractivity contribution is 7.99. The number of benzene rings is 1. The standard InChI is InChI=1S/C15H20N2O2S2/c1-20-15-8-3-2-7-14(15)17-21(18,19)11-13-6-4-5-12(9-13)10-16/h4-6,9,14-15,17H,2-3,7-8,11H2,1H3/t14-,15+/m1/s1. The van der Waals surface area contributed by atoms with Gasteiger partial charge in [-0.1, -0.05) is 25.0 Å². The number of nitriles is 1. The summed E-state index contributed by atoms with van der Waals surface area (Å²) in [6, 6.07) is 8.82. The molecule has 2 rings (SSSR count). The summed E-state index contributed by atoms with van der Waals surface area (Å²) >= 11 is 1.74. The Balaban J connectivity index is 2.06. The van der Waals surface area contributed by atoms with Crippen molar-refractivity contribution >= 4 is 21.8 Å². The van der Waals surface area contributed by atoms with Crippen molar-refractivity contribution in [1.82, 2.24) is 4.72 Å². The third-order valence-electron chi connectivity index (χ3n) is 3.75. The van der Waals surface area contributed by atoms with Gasteiger partial charge in [-0.15, -0.1) is 0 Å². The van der Waals surface area contributed by atoms with Crippen LogP contribution in [0.2, 0.25) is 0 Å². The van der Waals surface area contributed by atoms with Crippen LogP contribution in [0.5, 0.6) is 0 Å². The van der Waals surface area contributed by atoms with E-state index in [1.165, 1.54) is 6.42 Å². The molecule has 2 atom stereocenters. The van der Waals surface area contributed by atoms with E-state index in [9.17, 15) is 8.42 Å². The predicted octanol–water partition coefficient (Wildman–Crippen LogP) is 2.65. The van der Waals surface area contributed by atoms with E-state index in [0.717, 1.165) is 19.3 Å². The molecule has 21 heavy (non-hydrogen) atoms. The largest absolute Gasteiger partial charge is 0.216 e. The van der Waals surface area contributed by atoms with Crippen molar-refractivity contribution in [3.63, 3.8) is 0 Å². The van der Waals surface area contributed by atoms with Gasteiger partial charge in [-0.3, -0.25) is 0 Å². The topological polar surface area (TPSA) is 70.0 Å². The monoisotopic (exact) mass is 324 g/mol. The van der Waals surface area contributed by atoms with Crippen molar-refractivity contribution in [2.45, 2.75) is 42.7 Å². The zero-order chi connectivity index (χ0) is 15.3. The summed E-state index contributed by atoms with van der Waals surface area (Å²) in [7, 11) is -3.37. The number of nitrogens with zero attached hydrogens (tertiary/aromatic N) is 1. The first kappa shape index (κ1) is 16.3. The molecule has 1 saturated carbocycles. The van der Waals surface area contributed by atoms with Gasteiger partial charge >= 0.3 is 0 Å². The van der Waals surface area contributed by atoms with Gasteiger partial charge in [0.2, 0.25) is 10.0 Å². The lowest BCUT2D eigenvalue weighted by Gasteiger charge is -2.30. The molecule has 1 N–H and O–H groups in total. The minimum Gasteiger partial charge on any atom is -0.212 e. The summed E-state index contributed by atoms with van der Waals surface area (Å²) in [5.74, 6) is -0.0693. The Morgan fingerprint density at radius 2 is 2.14 bits per heavy atom. The van der Waals surface area contributed by atoms with Gasteiger partial charge in [0.15, 0.2) is 0 Å². The van der Waals surface area contributed by atoms with Gasteiger partial charge in [-0.2, -0.15) is 17.0 Å². The quantitative estimate of drug-likeness (QED) is 0.904. The smallest absolute Gasteiger partial charge is 0.212 e. The zero-order valence-electron chi connectivity index (χ0n) is 12.1. The van der Waals surface area contributed by atoms with Gasteiger partial charge < -0.3 is 0 Å². The molecular weight excluding hydrogens is 304 g/mol. The van der Waals surface area contributed by atoms with Crippen molar-refractivity contribution < 1.29 is 8.42 Å². The Hall–Kier alpha value is -1.03. The molecule has 4 nitrogen and oxygen atoms in total. The summed E-state index contributed by atoms with van der Waals surface area (Å²) in [5.41, 5.74) is 1.14. The average molecular weight is 324 g/mol. The molecule has 1 aromatic carbocycles. The Kier molecular flexibility index (Phi) is 5.68. The van der Waals surface area contributed by atoms with Crippen molar-refractivity contribution in [3.8, 4) is 6.07 Å². The van der Waals surface area contributed by atoms with E-state index in [1.54, 1.807) is 36.0 Å². The Bertz CT molecular complexity index is 623. The molecule has 1 aliphatic rings. The van der Waals surface area contributed by atoms with Crippen LogP contribution in [0.4, 0.5) is 0 Å². The number of hydrogen-bond donors (Lipinski definition) is 1. The van der Waals surface area contributed by atoms with Gasteiger partial charge in [0.25, 0.3) is 0 Å². The molecule has 0 aliphatic heterocycles. The summed E-state index contributed by atoms with van der Waals surface area (Å²) in [6.45, 7) is 0. The number of thioether (sulfide) groups is 1. The molecule has 0 spiro atoms. The molecule has 0 saturated heterocycles. The van der Waals surface area contributed by atoms with Crippen LogP contribution in [-0.4, -0.2) is 26.0 Å². The third kappa shape index (κ3) is 4.73. The SMILES string of the molecule is CS[C@H]1CCCC[C@H]1NS(=O)(=O)Cc1cccc(C#N)c1. The van der Waals surface area contributed by atoms with Crippen LogP contribution in [0.25, 0.3) is 0 Å². The summed E-state index contributed by atoms with van der Waals surface area (Å²) in [6.07, 6.45) is 6.26. The maximum atomic E-state index is 12.3. The number of nitrogens with one attached hydrogen (secondary N) is 1. The molecule has 0 amide bonds. The Labute approximate surface area is 131 Å². The Morgan fingerprint density at radius 3 is 2.86 bits per heavy atom. The van der Waals surface area contributed by atoms with E-state index in [2.05, 4.69) is 4.72 Å². The minimum atomic E-state index is -3.37. The molecule has 0 heterocycles. The molecular formula is C15H20N2O2S2. The molecule has 6 heteroatoms. The van der Waals surface area contributed by atoms with E-state index in [1.807, 2.05) is 12.3 Å². The predicted molar refractivity (Wildman–Crippen MR) is 86.5 cm³/mol. The molecule has 0 bridgehead atoms. The van der Waals surface area contributed by atoms with Gasteiger partial charge in [-0.25, -0.2) is 13.1 Å². The van der Waals surface area contributed by atoms with E-state index in [-0.39, 0.29) is 11.8 Å². The highest BCUT2D eigenvalue weighted by Crippen LogP contribution is 2.27. The maximum Gasteiger partial charge on any atom is 0.216 e. The van der Waals surface area contributed by atoms with Gasteiger partial charge in [0.1, 0.15) is 0 Å². The fraction of sp³-hybridized carbons (Fsp3) is 0.533. The molecule has 0 unspecified atom stereocenters. The van der Waals surface area contributed by atoms with E-state index in [4.69, 9.17) is 5.26 Å². The summed E-state index contributed by atoms with van der Waals surface area (Å²) < 4.78 is 27.5. The lowest BCUT2D eigenvalue weighted by atomic mass is 9.96. The second-order valence-electron chi connectivity index (χ2n) is 5.35. The second kappa shape index (κ2) is 7.30. The van der Waals surface area contributed by atoms with Crippen LogP contribution in [0, 0.1) is 11.3 Å². The summed E-state index contributed by atoms with van der Waals surface area (Å²) in [5, 5.41) is 9.23. The van der Waals surface area contributed by atoms with E-state index in [0.29, 0.717) is 16.4 Å². The normalized spacial score (nSPS) is 22.7. The number of hydrogen-bond acceptors (Lipinski definition) is 4. The van der Waals surface area contributed by atoms with Gasteiger partial charge in [-0.05, 0) is 36.8 Å². The second-order valence-corrected chi connectivity index (χ2v) is 8.18. The van der Waals surface area contributed by atoms with Crippen molar-refractivity contribution in [3.05, 3.63) is 35.4 Å². The van der Waals surface area contributed by atoms with Crippen LogP contribution < -0.4 is 4.72 Å². The van der Waals surface area contributed by atoms with Crippen molar-refractivity contribution in [1.29, 1.82) is 5.26 Å². The van der Waals surface area contributed by atoms with Crippen LogP contribution in [0.3, 0.4) is 0 Å². The van der Waals surface area contributed by atoms with E-state index < -0.39 is 10.0 Å². The summed E-state index contributed by atoms with van der Waals surface area (Å²) in [4.78, 5) is 0. The van der Waals surface area contributed by atoms with Gasteiger partial charge in [0.05, 0.1) is 17.4 Å². The van der Waals surface area contributed by atoms with Crippen LogP contribution in [0.1, 0.15) is 36.8 Å². The van der Waals surface area contributed by atoms with Crippen molar-refractivity contribution in [2.75, 3.05) is 6.26 Å². The third-order valence-corrected chi connectivity index (χ3v) is 6.29. The maximum absolute atomic E-state index is 12.3. The minimum absolute atomic E-state index is 0.0258. The Morgan fingerprint density at radius 1 is 1.38 bits per heavy atom. The fourth-order valence-electron chi connectivity index (χ4n) is 2.74. The number of sulfonamides is 1. The fourth-order valence-corrected chi connectivity index (χ4v) is 5.20. The first-order valence-electron chi connectivity index (χ1n) is 7.06. The van der Waals surface area contributed by atoms with E-state index >= 15 is 0 Å². The van der Waals surface area contributed by atoms with Gasteiger partial charge in [0, 0.05) is 11.3 Å². The lowest BCUT2D eigenvalue weighted by molar-refractivity contribution is 0.423. The zero-order valence-corrected chi connectivity index (χ0v) is 13.7. The highest BCUT2D eigenvalue weighted by Gasteiger charge is 2.28. The van der Waals surface area contributed by atoms with Crippen LogP contribution in [-0.2, 0) is 15.8 Å². The van der Waals surface area contributed by atoms with Crippen LogP contribution in [0.15, 0.2) is 24.3 Å². The molecule has 0 radical (unpaired) electrons. The van der Waals surface area contributed by atoms with Crippen molar-refractivity contribution in [2.24, 2.45) is 0 Å². The number of rotatable bonds is 5.